The van der Waals surface area contributed by atoms with Crippen molar-refractivity contribution in [3.63, 3.8) is 0 Å². The Morgan fingerprint density at radius 3 is 2.72 bits per heavy atom. The quantitative estimate of drug-likeness (QED) is 0.465. The van der Waals surface area contributed by atoms with Crippen LogP contribution in [0.2, 0.25) is 0 Å². The van der Waals surface area contributed by atoms with E-state index >= 15 is 0 Å². The normalized spacial score (nSPS) is 16.7. The number of aromatic nitrogens is 1. The smallest absolute Gasteiger partial charge is 0.251 e. The molecule has 0 atom stereocenters. The van der Waals surface area contributed by atoms with Crippen molar-refractivity contribution < 1.29 is 8.78 Å². The Labute approximate surface area is 172 Å². The van der Waals surface area contributed by atoms with Crippen LogP contribution in [0.15, 0.2) is 29.4 Å². The van der Waals surface area contributed by atoms with E-state index < -0.39 is 6.43 Å². The highest BCUT2D eigenvalue weighted by molar-refractivity contribution is 5.86. The van der Waals surface area contributed by atoms with Crippen LogP contribution in [0, 0.1) is 0 Å². The molecule has 160 valence electrons. The number of aromatic amines is 1. The lowest BCUT2D eigenvalue weighted by molar-refractivity contribution is 0.0744. The molecule has 0 amide bonds. The molecule has 0 spiro atoms. The number of nitrogens with zero attached hydrogens (tertiary/aromatic N) is 2. The van der Waals surface area contributed by atoms with Crippen LogP contribution in [-0.4, -0.2) is 61.0 Å². The highest BCUT2D eigenvalue weighted by Gasteiger charge is 2.21. The molecule has 1 fully saturated rings. The summed E-state index contributed by atoms with van der Waals surface area (Å²) in [5.41, 5.74) is 3.86. The van der Waals surface area contributed by atoms with Crippen LogP contribution in [0.5, 0.6) is 0 Å². The summed E-state index contributed by atoms with van der Waals surface area (Å²) in [5.74, 6) is 0.814. The molecule has 29 heavy (non-hydrogen) atoms. The van der Waals surface area contributed by atoms with Gasteiger partial charge in [-0.2, -0.15) is 0 Å². The van der Waals surface area contributed by atoms with Crippen molar-refractivity contribution >= 4 is 16.9 Å². The SMILES string of the molecule is CCNC(=NCCc1c[nH]c2c(CC)cccc12)NC1CCN(CC(F)F)CC1. The maximum absolute atomic E-state index is 12.5. The number of halogens is 2. The number of hydrogen-bond acceptors (Lipinski definition) is 2. The van der Waals surface area contributed by atoms with Gasteiger partial charge in [-0.05, 0) is 43.7 Å². The maximum atomic E-state index is 12.5. The number of alkyl halides is 2. The molecule has 1 saturated heterocycles. The zero-order chi connectivity index (χ0) is 20.6. The van der Waals surface area contributed by atoms with Crippen molar-refractivity contribution in [1.29, 1.82) is 0 Å². The molecule has 0 bridgehead atoms. The molecule has 1 aliphatic heterocycles. The molecule has 0 unspecified atom stereocenters. The summed E-state index contributed by atoms with van der Waals surface area (Å²) in [6.07, 6.45) is 3.45. The highest BCUT2D eigenvalue weighted by atomic mass is 19.3. The van der Waals surface area contributed by atoms with E-state index in [0.717, 1.165) is 38.2 Å². The van der Waals surface area contributed by atoms with Gasteiger partial charge in [-0.15, -0.1) is 0 Å². The average molecular weight is 406 g/mol. The van der Waals surface area contributed by atoms with E-state index in [2.05, 4.69) is 46.9 Å². The number of aryl methyl sites for hydroxylation is 1. The lowest BCUT2D eigenvalue weighted by atomic mass is 10.1. The van der Waals surface area contributed by atoms with Gasteiger partial charge in [0.2, 0.25) is 0 Å². The topological polar surface area (TPSA) is 55.5 Å². The van der Waals surface area contributed by atoms with Gasteiger partial charge in [0, 0.05) is 49.3 Å². The minimum atomic E-state index is -2.25. The minimum absolute atomic E-state index is 0.120. The second kappa shape index (κ2) is 10.6. The Balaban J connectivity index is 1.55. The molecule has 3 N–H and O–H groups in total. The molecule has 1 aromatic heterocycles. The molecule has 1 aromatic carbocycles. The summed E-state index contributed by atoms with van der Waals surface area (Å²) < 4.78 is 25.1. The molecular formula is C22H33F2N5. The number of nitrogens with one attached hydrogen (secondary N) is 3. The van der Waals surface area contributed by atoms with Crippen LogP contribution in [0.3, 0.4) is 0 Å². The second-order valence-electron chi connectivity index (χ2n) is 7.63. The van der Waals surface area contributed by atoms with Crippen molar-refractivity contribution in [1.82, 2.24) is 20.5 Å². The fraction of sp³-hybridized carbons (Fsp3) is 0.591. The summed E-state index contributed by atoms with van der Waals surface area (Å²) in [5, 5.41) is 8.07. The Hall–Kier alpha value is -2.15. The van der Waals surface area contributed by atoms with Crippen molar-refractivity contribution in [2.45, 2.75) is 52.0 Å². The van der Waals surface area contributed by atoms with Gasteiger partial charge in [-0.1, -0.05) is 25.1 Å². The van der Waals surface area contributed by atoms with E-state index in [1.165, 1.54) is 22.0 Å². The summed E-state index contributed by atoms with van der Waals surface area (Å²) >= 11 is 0. The number of hydrogen-bond donors (Lipinski definition) is 3. The van der Waals surface area contributed by atoms with E-state index in [1.807, 2.05) is 11.8 Å². The first-order valence-electron chi connectivity index (χ1n) is 10.7. The van der Waals surface area contributed by atoms with Crippen molar-refractivity contribution in [3.05, 3.63) is 35.5 Å². The number of rotatable bonds is 8. The number of H-pyrrole nitrogens is 1. The number of para-hydroxylation sites is 1. The predicted molar refractivity (Wildman–Crippen MR) is 116 cm³/mol. The number of guanidine groups is 1. The number of likely N-dealkylation sites (tertiary alicyclic amines) is 1. The Kier molecular flexibility index (Phi) is 7.86. The molecule has 3 rings (SSSR count). The fourth-order valence-electron chi connectivity index (χ4n) is 4.03. The molecule has 2 aromatic rings. The summed E-state index contributed by atoms with van der Waals surface area (Å²) in [6, 6.07) is 6.73. The maximum Gasteiger partial charge on any atom is 0.251 e. The third-order valence-corrected chi connectivity index (χ3v) is 5.59. The van der Waals surface area contributed by atoms with Crippen LogP contribution < -0.4 is 10.6 Å². The van der Waals surface area contributed by atoms with Gasteiger partial charge in [-0.3, -0.25) is 9.89 Å². The lowest BCUT2D eigenvalue weighted by Gasteiger charge is -2.32. The lowest BCUT2D eigenvalue weighted by Crippen LogP contribution is -2.49. The zero-order valence-electron chi connectivity index (χ0n) is 17.5. The van der Waals surface area contributed by atoms with Gasteiger partial charge in [0.15, 0.2) is 5.96 Å². The van der Waals surface area contributed by atoms with Crippen LogP contribution in [0.4, 0.5) is 8.78 Å². The molecule has 1 aliphatic rings. The molecule has 7 heteroatoms. The van der Waals surface area contributed by atoms with E-state index in [9.17, 15) is 8.78 Å². The summed E-state index contributed by atoms with van der Waals surface area (Å²) in [7, 11) is 0. The third-order valence-electron chi connectivity index (χ3n) is 5.59. The summed E-state index contributed by atoms with van der Waals surface area (Å²) in [6.45, 7) is 7.00. The van der Waals surface area contributed by atoms with Crippen LogP contribution in [-0.2, 0) is 12.8 Å². The van der Waals surface area contributed by atoms with Crippen molar-refractivity contribution in [2.75, 3.05) is 32.7 Å². The Morgan fingerprint density at radius 1 is 1.24 bits per heavy atom. The van der Waals surface area contributed by atoms with Gasteiger partial charge in [0.05, 0.1) is 6.54 Å². The predicted octanol–water partition coefficient (Wildman–Crippen LogP) is 3.56. The fourth-order valence-corrected chi connectivity index (χ4v) is 4.03. The zero-order valence-corrected chi connectivity index (χ0v) is 17.5. The first-order valence-corrected chi connectivity index (χ1v) is 10.7. The molecular weight excluding hydrogens is 372 g/mol. The first kappa shape index (κ1) is 21.6. The standard InChI is InChI=1S/C22H33F2N5/c1-3-16-6-5-7-19-17(14-27-21(16)19)8-11-26-22(25-4-2)28-18-9-12-29(13-10-18)15-20(23)24/h5-7,14,18,20,27H,3-4,8-13,15H2,1-2H3,(H2,25,26,28). The van der Waals surface area contributed by atoms with E-state index in [0.29, 0.717) is 19.6 Å². The van der Waals surface area contributed by atoms with Gasteiger partial charge < -0.3 is 15.6 Å². The van der Waals surface area contributed by atoms with Gasteiger partial charge >= 0.3 is 0 Å². The number of aliphatic imine (C=N–C) groups is 1. The van der Waals surface area contributed by atoms with Crippen molar-refractivity contribution in [3.8, 4) is 0 Å². The Bertz CT molecular complexity index is 794. The number of benzene rings is 1. The number of piperidine rings is 1. The molecule has 2 heterocycles. The number of fused-ring (bicyclic) bond motifs is 1. The molecule has 0 aliphatic carbocycles. The van der Waals surface area contributed by atoms with Gasteiger partial charge in [0.25, 0.3) is 6.43 Å². The van der Waals surface area contributed by atoms with Crippen LogP contribution in [0.1, 0.15) is 37.8 Å². The largest absolute Gasteiger partial charge is 0.361 e. The van der Waals surface area contributed by atoms with E-state index in [1.54, 1.807) is 0 Å². The molecule has 5 nitrogen and oxygen atoms in total. The van der Waals surface area contributed by atoms with Crippen LogP contribution in [0.25, 0.3) is 10.9 Å². The van der Waals surface area contributed by atoms with Gasteiger partial charge in [0.1, 0.15) is 0 Å². The molecule has 0 saturated carbocycles. The van der Waals surface area contributed by atoms with E-state index in [-0.39, 0.29) is 12.6 Å². The first-order chi connectivity index (χ1) is 14.1. The summed E-state index contributed by atoms with van der Waals surface area (Å²) in [4.78, 5) is 10.0. The average Bonchev–Trinajstić information content (AvgIpc) is 3.12. The van der Waals surface area contributed by atoms with Crippen molar-refractivity contribution in [2.24, 2.45) is 4.99 Å². The third kappa shape index (κ3) is 5.92. The van der Waals surface area contributed by atoms with Crippen LogP contribution >= 0.6 is 0 Å². The minimum Gasteiger partial charge on any atom is -0.361 e. The van der Waals surface area contributed by atoms with E-state index in [4.69, 9.17) is 4.99 Å². The second-order valence-corrected chi connectivity index (χ2v) is 7.63. The Morgan fingerprint density at radius 2 is 2.03 bits per heavy atom. The van der Waals surface area contributed by atoms with Gasteiger partial charge in [-0.25, -0.2) is 8.78 Å². The monoisotopic (exact) mass is 405 g/mol. The highest BCUT2D eigenvalue weighted by Crippen LogP contribution is 2.22. The molecule has 0 radical (unpaired) electrons.